The van der Waals surface area contributed by atoms with E-state index in [4.69, 9.17) is 26.6 Å². The maximum atomic E-state index is 13.5. The second-order valence-corrected chi connectivity index (χ2v) is 9.95. The molecule has 4 aromatic rings. The van der Waals surface area contributed by atoms with E-state index < -0.39 is 17.3 Å². The standard InChI is InChI=1S/C24H26ClF3N6O3/c1-23(2,3)36-9-7-13(6-8-29)18-11-19(35)31-21-16(12-30-34(18)21)22-32-20(33-37-22)15-10-14(25)4-5-17(15)24(26,27)28/h4-5,10-13H,6-9,29H2,1-3H3,(H,31,35). The van der Waals surface area contributed by atoms with Crippen LogP contribution in [-0.4, -0.2) is 43.5 Å². The molecule has 0 aliphatic heterocycles. The molecule has 198 valence electrons. The molecule has 0 bridgehead atoms. The van der Waals surface area contributed by atoms with Gasteiger partial charge in [0.2, 0.25) is 5.82 Å². The van der Waals surface area contributed by atoms with Crippen LogP contribution >= 0.6 is 11.6 Å². The molecule has 0 saturated carbocycles. The summed E-state index contributed by atoms with van der Waals surface area (Å²) in [6.45, 7) is 6.70. The lowest BCUT2D eigenvalue weighted by Crippen LogP contribution is -2.23. The number of aromatic amines is 1. The Balaban J connectivity index is 1.74. The topological polar surface area (TPSA) is 124 Å². The molecule has 13 heteroatoms. The van der Waals surface area contributed by atoms with Gasteiger partial charge in [0.1, 0.15) is 11.2 Å². The SMILES string of the molecule is CC(C)(C)OCCC(CCN)c1cc(=O)[nH]c2c(-c3nc(-c4cc(Cl)ccc4C(F)(F)F)no3)cnn12. The van der Waals surface area contributed by atoms with Crippen LogP contribution in [0.25, 0.3) is 28.5 Å². The summed E-state index contributed by atoms with van der Waals surface area (Å²) in [6, 6.07) is 4.55. The first-order valence-electron chi connectivity index (χ1n) is 11.5. The third-order valence-electron chi connectivity index (χ3n) is 5.65. The lowest BCUT2D eigenvalue weighted by atomic mass is 9.97. The van der Waals surface area contributed by atoms with E-state index in [-0.39, 0.29) is 45.0 Å². The average molecular weight is 539 g/mol. The number of hydrogen-bond donors (Lipinski definition) is 2. The van der Waals surface area contributed by atoms with E-state index in [9.17, 15) is 18.0 Å². The van der Waals surface area contributed by atoms with Crippen molar-refractivity contribution < 1.29 is 22.4 Å². The predicted molar refractivity (Wildman–Crippen MR) is 131 cm³/mol. The quantitative estimate of drug-likeness (QED) is 0.321. The second kappa shape index (κ2) is 10.3. The van der Waals surface area contributed by atoms with Crippen LogP contribution < -0.4 is 11.3 Å². The van der Waals surface area contributed by atoms with Crippen LogP contribution in [0.5, 0.6) is 0 Å². The number of halogens is 4. The van der Waals surface area contributed by atoms with Gasteiger partial charge in [-0.25, -0.2) is 4.52 Å². The Morgan fingerprint density at radius 1 is 1.19 bits per heavy atom. The zero-order valence-electron chi connectivity index (χ0n) is 20.4. The Kier molecular flexibility index (Phi) is 7.45. The fraction of sp³-hybridized carbons (Fsp3) is 0.417. The Hall–Kier alpha value is -3.22. The van der Waals surface area contributed by atoms with Gasteiger partial charge in [0, 0.05) is 29.2 Å². The van der Waals surface area contributed by atoms with Gasteiger partial charge in [0.05, 0.1) is 23.1 Å². The number of alkyl halides is 3. The van der Waals surface area contributed by atoms with E-state index in [2.05, 4.69) is 20.2 Å². The van der Waals surface area contributed by atoms with E-state index in [0.717, 1.165) is 18.2 Å². The molecule has 9 nitrogen and oxygen atoms in total. The summed E-state index contributed by atoms with van der Waals surface area (Å²) in [7, 11) is 0. The molecular weight excluding hydrogens is 513 g/mol. The molecule has 3 heterocycles. The summed E-state index contributed by atoms with van der Waals surface area (Å²) < 4.78 is 53.3. The normalized spacial score (nSPS) is 13.4. The van der Waals surface area contributed by atoms with Gasteiger partial charge in [-0.05, 0) is 58.4 Å². The summed E-state index contributed by atoms with van der Waals surface area (Å²) in [5.74, 6) is -0.552. The number of nitrogens with zero attached hydrogens (tertiary/aromatic N) is 4. The number of nitrogens with one attached hydrogen (secondary N) is 1. The van der Waals surface area contributed by atoms with Gasteiger partial charge in [-0.2, -0.15) is 23.3 Å². The number of nitrogens with two attached hydrogens (primary N) is 1. The van der Waals surface area contributed by atoms with Gasteiger partial charge >= 0.3 is 6.18 Å². The minimum absolute atomic E-state index is 0.0840. The van der Waals surface area contributed by atoms with Crippen molar-refractivity contribution in [2.45, 2.75) is 51.3 Å². The third-order valence-corrected chi connectivity index (χ3v) is 5.89. The lowest BCUT2D eigenvalue weighted by Gasteiger charge is -2.22. The highest BCUT2D eigenvalue weighted by Gasteiger charge is 2.35. The molecule has 1 aromatic carbocycles. The van der Waals surface area contributed by atoms with Gasteiger partial charge in [0.25, 0.3) is 11.4 Å². The summed E-state index contributed by atoms with van der Waals surface area (Å²) in [5.41, 5.74) is 4.97. The minimum atomic E-state index is -4.65. The summed E-state index contributed by atoms with van der Waals surface area (Å²) in [5, 5.41) is 8.20. The predicted octanol–water partition coefficient (Wildman–Crippen LogP) is 5.05. The molecule has 37 heavy (non-hydrogen) atoms. The van der Waals surface area contributed by atoms with Crippen LogP contribution in [0.3, 0.4) is 0 Å². The zero-order valence-corrected chi connectivity index (χ0v) is 21.2. The van der Waals surface area contributed by atoms with Crippen molar-refractivity contribution >= 4 is 17.2 Å². The third kappa shape index (κ3) is 6.03. The molecule has 1 atom stereocenters. The van der Waals surface area contributed by atoms with Crippen molar-refractivity contribution in [2.75, 3.05) is 13.2 Å². The first kappa shape index (κ1) is 26.8. The number of ether oxygens (including phenoxy) is 1. The highest BCUT2D eigenvalue weighted by Crippen LogP contribution is 2.38. The van der Waals surface area contributed by atoms with E-state index in [1.807, 2.05) is 20.8 Å². The van der Waals surface area contributed by atoms with Crippen molar-refractivity contribution in [3.63, 3.8) is 0 Å². The average Bonchev–Trinajstić information content (AvgIpc) is 3.43. The van der Waals surface area contributed by atoms with Crippen LogP contribution in [0.1, 0.15) is 50.8 Å². The number of fused-ring (bicyclic) bond motifs is 1. The maximum Gasteiger partial charge on any atom is 0.417 e. The number of benzene rings is 1. The van der Waals surface area contributed by atoms with E-state index in [1.165, 1.54) is 12.3 Å². The lowest BCUT2D eigenvalue weighted by molar-refractivity contribution is -0.137. The molecular formula is C24H26ClF3N6O3. The summed E-state index contributed by atoms with van der Waals surface area (Å²) >= 11 is 5.93. The van der Waals surface area contributed by atoms with Gasteiger partial charge in [-0.3, -0.25) is 4.79 Å². The highest BCUT2D eigenvalue weighted by molar-refractivity contribution is 6.30. The largest absolute Gasteiger partial charge is 0.417 e. The number of H-pyrrole nitrogens is 1. The molecule has 3 N–H and O–H groups in total. The van der Waals surface area contributed by atoms with Crippen molar-refractivity contribution in [3.05, 3.63) is 57.1 Å². The van der Waals surface area contributed by atoms with Crippen LogP contribution in [0, 0.1) is 0 Å². The molecule has 4 rings (SSSR count). The molecule has 0 spiro atoms. The Bertz CT molecular complexity index is 1450. The maximum absolute atomic E-state index is 13.5. The molecule has 0 radical (unpaired) electrons. The van der Waals surface area contributed by atoms with Gasteiger partial charge in [-0.1, -0.05) is 16.8 Å². The number of aromatic nitrogens is 5. The first-order valence-corrected chi connectivity index (χ1v) is 11.9. The van der Waals surface area contributed by atoms with E-state index >= 15 is 0 Å². The van der Waals surface area contributed by atoms with Crippen LogP contribution in [0.4, 0.5) is 13.2 Å². The monoisotopic (exact) mass is 538 g/mol. The van der Waals surface area contributed by atoms with Crippen molar-refractivity contribution in [1.29, 1.82) is 0 Å². The summed E-state index contributed by atoms with van der Waals surface area (Å²) in [4.78, 5) is 19.4. The smallest absolute Gasteiger partial charge is 0.376 e. The molecule has 0 aliphatic carbocycles. The van der Waals surface area contributed by atoms with Gasteiger partial charge in [0.15, 0.2) is 0 Å². The number of rotatable bonds is 8. The van der Waals surface area contributed by atoms with Crippen LogP contribution in [0.2, 0.25) is 5.02 Å². The summed E-state index contributed by atoms with van der Waals surface area (Å²) in [6.07, 6.45) is -2.07. The van der Waals surface area contributed by atoms with Crippen LogP contribution in [-0.2, 0) is 10.9 Å². The molecule has 1 unspecified atom stereocenters. The molecule has 0 amide bonds. The Morgan fingerprint density at radius 2 is 1.95 bits per heavy atom. The number of hydrogen-bond acceptors (Lipinski definition) is 7. The molecule has 0 saturated heterocycles. The Labute approximate surface area is 214 Å². The van der Waals surface area contributed by atoms with E-state index in [0.29, 0.717) is 31.7 Å². The fourth-order valence-corrected chi connectivity index (χ4v) is 4.17. The zero-order chi connectivity index (χ0) is 27.0. The molecule has 0 fully saturated rings. The van der Waals surface area contributed by atoms with Crippen molar-refractivity contribution in [3.8, 4) is 22.8 Å². The van der Waals surface area contributed by atoms with Gasteiger partial charge < -0.3 is 20.0 Å². The Morgan fingerprint density at radius 3 is 2.62 bits per heavy atom. The molecule has 0 aliphatic rings. The van der Waals surface area contributed by atoms with Crippen LogP contribution in [0.15, 0.2) is 39.8 Å². The second-order valence-electron chi connectivity index (χ2n) is 9.51. The van der Waals surface area contributed by atoms with E-state index in [1.54, 1.807) is 4.52 Å². The van der Waals surface area contributed by atoms with Crippen molar-refractivity contribution in [2.24, 2.45) is 5.73 Å². The highest BCUT2D eigenvalue weighted by atomic mass is 35.5. The van der Waals surface area contributed by atoms with Crippen molar-refractivity contribution in [1.82, 2.24) is 24.7 Å². The first-order chi connectivity index (χ1) is 17.4. The fourth-order valence-electron chi connectivity index (χ4n) is 4.00. The molecule has 3 aromatic heterocycles. The minimum Gasteiger partial charge on any atom is -0.376 e. The van der Waals surface area contributed by atoms with Gasteiger partial charge in [-0.15, -0.1) is 0 Å².